The van der Waals surface area contributed by atoms with E-state index in [-0.39, 0.29) is 24.3 Å². The lowest BCUT2D eigenvalue weighted by Gasteiger charge is -2.32. The average molecular weight is 345 g/mol. The van der Waals surface area contributed by atoms with E-state index < -0.39 is 0 Å². The van der Waals surface area contributed by atoms with Crippen molar-refractivity contribution in [3.63, 3.8) is 0 Å². The molecule has 0 aliphatic carbocycles. The van der Waals surface area contributed by atoms with Crippen molar-refractivity contribution in [3.8, 4) is 6.07 Å². The summed E-state index contributed by atoms with van der Waals surface area (Å²) in [6.07, 6.45) is 4.13. The molecule has 0 saturated heterocycles. The van der Waals surface area contributed by atoms with E-state index in [1.165, 1.54) is 6.92 Å². The Morgan fingerprint density at radius 1 is 1.15 bits per heavy atom. The summed E-state index contributed by atoms with van der Waals surface area (Å²) in [4.78, 5) is 26.1. The number of rotatable bonds is 4. The van der Waals surface area contributed by atoms with Crippen molar-refractivity contribution in [3.05, 3.63) is 71.4 Å². The number of carbonyl (C=O) groups is 2. The second kappa shape index (κ2) is 7.66. The third-order valence-electron chi connectivity index (χ3n) is 4.37. The molecule has 0 unspecified atom stereocenters. The SMILES string of the molecule is CC(=O)N1C=Cc2ccccc2[C@H]1CC(=O)Nc1ccc(CC#N)cc1. The maximum absolute atomic E-state index is 12.5. The minimum atomic E-state index is -0.327. The number of hydrogen-bond donors (Lipinski definition) is 1. The highest BCUT2D eigenvalue weighted by atomic mass is 16.2. The summed E-state index contributed by atoms with van der Waals surface area (Å²) in [5.41, 5.74) is 3.55. The van der Waals surface area contributed by atoms with E-state index in [2.05, 4.69) is 11.4 Å². The predicted octanol–water partition coefficient (Wildman–Crippen LogP) is 3.66. The van der Waals surface area contributed by atoms with E-state index in [4.69, 9.17) is 5.26 Å². The minimum Gasteiger partial charge on any atom is -0.326 e. The third-order valence-corrected chi connectivity index (χ3v) is 4.37. The van der Waals surface area contributed by atoms with Gasteiger partial charge in [0.05, 0.1) is 25.0 Å². The van der Waals surface area contributed by atoms with Crippen molar-refractivity contribution in [2.75, 3.05) is 5.32 Å². The van der Waals surface area contributed by atoms with Gasteiger partial charge in [-0.25, -0.2) is 0 Å². The number of nitriles is 1. The van der Waals surface area contributed by atoms with Gasteiger partial charge in [-0.15, -0.1) is 0 Å². The zero-order valence-corrected chi connectivity index (χ0v) is 14.5. The summed E-state index contributed by atoms with van der Waals surface area (Å²) < 4.78 is 0. The molecule has 3 rings (SSSR count). The van der Waals surface area contributed by atoms with Crippen LogP contribution in [0.4, 0.5) is 5.69 Å². The summed E-state index contributed by atoms with van der Waals surface area (Å²) in [6, 6.07) is 16.7. The fourth-order valence-corrected chi connectivity index (χ4v) is 3.10. The fourth-order valence-electron chi connectivity index (χ4n) is 3.10. The highest BCUT2D eigenvalue weighted by Gasteiger charge is 2.28. The van der Waals surface area contributed by atoms with Crippen LogP contribution >= 0.6 is 0 Å². The molecule has 0 bridgehead atoms. The third kappa shape index (κ3) is 3.81. The summed E-state index contributed by atoms with van der Waals surface area (Å²) in [5, 5.41) is 11.6. The number of fused-ring (bicyclic) bond motifs is 1. The smallest absolute Gasteiger partial charge is 0.226 e. The van der Waals surface area contributed by atoms with Crippen molar-refractivity contribution in [1.29, 1.82) is 5.26 Å². The predicted molar refractivity (Wildman–Crippen MR) is 99.7 cm³/mol. The Bertz CT molecular complexity index is 894. The van der Waals surface area contributed by atoms with Crippen LogP contribution in [0.2, 0.25) is 0 Å². The molecule has 1 N–H and O–H groups in total. The van der Waals surface area contributed by atoms with Crippen LogP contribution in [0.1, 0.15) is 36.1 Å². The van der Waals surface area contributed by atoms with Gasteiger partial charge in [0.15, 0.2) is 0 Å². The Hall–Kier alpha value is -3.39. The van der Waals surface area contributed by atoms with Crippen LogP contribution in [-0.4, -0.2) is 16.7 Å². The zero-order chi connectivity index (χ0) is 18.5. The molecule has 2 amide bonds. The summed E-state index contributed by atoms with van der Waals surface area (Å²) in [6.45, 7) is 1.50. The second-order valence-corrected chi connectivity index (χ2v) is 6.17. The molecule has 26 heavy (non-hydrogen) atoms. The van der Waals surface area contributed by atoms with Crippen LogP contribution in [0, 0.1) is 11.3 Å². The van der Waals surface area contributed by atoms with Gasteiger partial charge in [-0.1, -0.05) is 36.4 Å². The molecule has 0 spiro atoms. The summed E-state index contributed by atoms with van der Waals surface area (Å²) >= 11 is 0. The molecule has 2 aromatic carbocycles. The molecular formula is C21H19N3O2. The number of hydrogen-bond acceptors (Lipinski definition) is 3. The number of carbonyl (C=O) groups excluding carboxylic acids is 2. The van der Waals surface area contributed by atoms with Gasteiger partial charge in [0.2, 0.25) is 11.8 Å². The van der Waals surface area contributed by atoms with Gasteiger partial charge in [0.25, 0.3) is 0 Å². The van der Waals surface area contributed by atoms with Crippen molar-refractivity contribution < 1.29 is 9.59 Å². The van der Waals surface area contributed by atoms with Crippen LogP contribution in [0.15, 0.2) is 54.7 Å². The number of anilines is 1. The first-order valence-electron chi connectivity index (χ1n) is 8.40. The van der Waals surface area contributed by atoms with E-state index in [1.807, 2.05) is 42.5 Å². The second-order valence-electron chi connectivity index (χ2n) is 6.17. The van der Waals surface area contributed by atoms with Gasteiger partial charge in [0, 0.05) is 18.8 Å². The van der Waals surface area contributed by atoms with Crippen LogP contribution < -0.4 is 5.32 Å². The number of nitrogens with zero attached hydrogens (tertiary/aromatic N) is 2. The molecule has 1 aliphatic rings. The summed E-state index contributed by atoms with van der Waals surface area (Å²) in [5.74, 6) is -0.270. The Morgan fingerprint density at radius 2 is 1.88 bits per heavy atom. The van der Waals surface area contributed by atoms with Gasteiger partial charge in [-0.3, -0.25) is 9.59 Å². The first kappa shape index (κ1) is 17.4. The van der Waals surface area contributed by atoms with Crippen LogP contribution in [-0.2, 0) is 16.0 Å². The number of amides is 2. The van der Waals surface area contributed by atoms with E-state index in [1.54, 1.807) is 23.2 Å². The van der Waals surface area contributed by atoms with E-state index in [0.717, 1.165) is 16.7 Å². The highest BCUT2D eigenvalue weighted by Crippen LogP contribution is 2.33. The highest BCUT2D eigenvalue weighted by molar-refractivity contribution is 5.92. The quantitative estimate of drug-likeness (QED) is 0.919. The molecule has 1 aliphatic heterocycles. The lowest BCUT2D eigenvalue weighted by atomic mass is 9.93. The van der Waals surface area contributed by atoms with E-state index in [0.29, 0.717) is 12.1 Å². The molecule has 1 atom stereocenters. The van der Waals surface area contributed by atoms with Crippen LogP contribution in [0.25, 0.3) is 6.08 Å². The van der Waals surface area contributed by atoms with E-state index in [9.17, 15) is 9.59 Å². The van der Waals surface area contributed by atoms with Gasteiger partial charge in [-0.05, 0) is 34.9 Å². The molecule has 0 saturated carbocycles. The Kier molecular flexibility index (Phi) is 5.14. The maximum Gasteiger partial charge on any atom is 0.226 e. The number of nitrogens with one attached hydrogen (secondary N) is 1. The van der Waals surface area contributed by atoms with Crippen molar-refractivity contribution >= 4 is 23.6 Å². The molecule has 5 nitrogen and oxygen atoms in total. The lowest BCUT2D eigenvalue weighted by Crippen LogP contribution is -2.33. The largest absolute Gasteiger partial charge is 0.326 e. The minimum absolute atomic E-state index is 0.102. The fraction of sp³-hybridized carbons (Fsp3) is 0.190. The molecule has 1 heterocycles. The Morgan fingerprint density at radius 3 is 2.58 bits per heavy atom. The average Bonchev–Trinajstić information content (AvgIpc) is 2.63. The lowest BCUT2D eigenvalue weighted by molar-refractivity contribution is -0.129. The molecule has 0 radical (unpaired) electrons. The first-order chi connectivity index (χ1) is 12.6. The van der Waals surface area contributed by atoms with E-state index >= 15 is 0 Å². The van der Waals surface area contributed by atoms with Crippen molar-refractivity contribution in [2.45, 2.75) is 25.8 Å². The van der Waals surface area contributed by atoms with Crippen LogP contribution in [0.3, 0.4) is 0 Å². The first-order valence-corrected chi connectivity index (χ1v) is 8.40. The zero-order valence-electron chi connectivity index (χ0n) is 14.5. The van der Waals surface area contributed by atoms with Crippen molar-refractivity contribution in [2.24, 2.45) is 0 Å². The molecule has 5 heteroatoms. The van der Waals surface area contributed by atoms with Gasteiger partial charge < -0.3 is 10.2 Å². The van der Waals surface area contributed by atoms with Crippen molar-refractivity contribution in [1.82, 2.24) is 4.90 Å². The molecule has 0 aromatic heterocycles. The Labute approximate surface area is 152 Å². The summed E-state index contributed by atoms with van der Waals surface area (Å²) in [7, 11) is 0. The van der Waals surface area contributed by atoms with Crippen LogP contribution in [0.5, 0.6) is 0 Å². The maximum atomic E-state index is 12.5. The molecular weight excluding hydrogens is 326 g/mol. The van der Waals surface area contributed by atoms with Gasteiger partial charge in [-0.2, -0.15) is 5.26 Å². The topological polar surface area (TPSA) is 73.2 Å². The number of benzene rings is 2. The van der Waals surface area contributed by atoms with Gasteiger partial charge >= 0.3 is 0 Å². The van der Waals surface area contributed by atoms with Gasteiger partial charge in [0.1, 0.15) is 0 Å². The molecule has 2 aromatic rings. The standard InChI is InChI=1S/C21H19N3O2/c1-15(25)24-13-11-17-4-2-3-5-19(17)20(24)14-21(26)23-18-8-6-16(7-9-18)10-12-22/h2-9,11,13,20H,10,14H2,1H3,(H,23,26)/t20-/m1/s1. The normalized spacial score (nSPS) is 15.1. The molecule has 0 fully saturated rings. The molecule has 130 valence electrons. The Balaban J connectivity index is 1.75. The monoisotopic (exact) mass is 345 g/mol.